The smallest absolute Gasteiger partial charge is 0.213 e. The lowest BCUT2D eigenvalue weighted by atomic mass is 9.95. The van der Waals surface area contributed by atoms with Gasteiger partial charge in [0.25, 0.3) is 0 Å². The summed E-state index contributed by atoms with van der Waals surface area (Å²) in [5.74, 6) is 0. The third kappa shape index (κ3) is 2.84. The van der Waals surface area contributed by atoms with E-state index in [0.29, 0.717) is 0 Å². The summed E-state index contributed by atoms with van der Waals surface area (Å²) in [6.45, 7) is 4.35. The summed E-state index contributed by atoms with van der Waals surface area (Å²) in [6.07, 6.45) is 2.23. The topological polar surface area (TPSA) is 17.0 Å². The van der Waals surface area contributed by atoms with Crippen molar-refractivity contribution in [3.05, 3.63) is 102 Å². The summed E-state index contributed by atoms with van der Waals surface area (Å²) in [6, 6.07) is 30.2. The molecule has 2 heteroatoms. The van der Waals surface area contributed by atoms with Crippen molar-refractivity contribution in [1.82, 2.24) is 0 Å². The van der Waals surface area contributed by atoms with E-state index in [0.717, 1.165) is 11.2 Å². The van der Waals surface area contributed by atoms with Gasteiger partial charge in [-0.2, -0.15) is 0 Å². The molecule has 0 N–H and O–H groups in total. The molecular formula is C30H24NO+. The fourth-order valence-corrected chi connectivity index (χ4v) is 4.95. The third-order valence-corrected chi connectivity index (χ3v) is 6.54. The number of aryl methyl sites for hydroxylation is 3. The van der Waals surface area contributed by atoms with Crippen LogP contribution < -0.4 is 4.57 Å². The molecule has 154 valence electrons. The van der Waals surface area contributed by atoms with Gasteiger partial charge in [0.2, 0.25) is 5.69 Å². The SMILES string of the molecule is Cc1c[n+](C)c(-c2cc3c(cc2C)oc2ccc4ccccc4c23)cc1-c1ccccc1. The molecule has 0 atom stereocenters. The van der Waals surface area contributed by atoms with Gasteiger partial charge in [0.05, 0.1) is 0 Å². The van der Waals surface area contributed by atoms with E-state index >= 15 is 0 Å². The number of nitrogens with zero attached hydrogens (tertiary/aromatic N) is 1. The highest BCUT2D eigenvalue weighted by molar-refractivity contribution is 6.19. The molecule has 0 unspecified atom stereocenters. The fourth-order valence-electron chi connectivity index (χ4n) is 4.95. The van der Waals surface area contributed by atoms with Crippen LogP contribution in [0.4, 0.5) is 0 Å². The van der Waals surface area contributed by atoms with Crippen LogP contribution in [0.25, 0.3) is 55.1 Å². The van der Waals surface area contributed by atoms with Crippen molar-refractivity contribution in [2.24, 2.45) is 7.05 Å². The number of fused-ring (bicyclic) bond motifs is 5. The predicted molar refractivity (Wildman–Crippen MR) is 133 cm³/mol. The van der Waals surface area contributed by atoms with E-state index < -0.39 is 0 Å². The summed E-state index contributed by atoms with van der Waals surface area (Å²) in [4.78, 5) is 0. The molecular weight excluding hydrogens is 390 g/mol. The lowest BCUT2D eigenvalue weighted by Gasteiger charge is -2.10. The Bertz CT molecular complexity index is 1640. The van der Waals surface area contributed by atoms with Gasteiger partial charge in [0.1, 0.15) is 18.2 Å². The minimum absolute atomic E-state index is 0.938. The molecule has 0 spiro atoms. The van der Waals surface area contributed by atoms with E-state index in [1.54, 1.807) is 0 Å². The maximum Gasteiger partial charge on any atom is 0.213 e. The van der Waals surface area contributed by atoms with E-state index in [4.69, 9.17) is 4.42 Å². The molecule has 0 radical (unpaired) electrons. The molecule has 4 aromatic carbocycles. The van der Waals surface area contributed by atoms with E-state index in [1.165, 1.54) is 55.1 Å². The van der Waals surface area contributed by atoms with Gasteiger partial charge in [0, 0.05) is 28.0 Å². The van der Waals surface area contributed by atoms with Crippen molar-refractivity contribution in [3.8, 4) is 22.4 Å². The molecule has 2 nitrogen and oxygen atoms in total. The zero-order valence-electron chi connectivity index (χ0n) is 18.5. The third-order valence-electron chi connectivity index (χ3n) is 6.54. The van der Waals surface area contributed by atoms with E-state index in [2.05, 4.69) is 117 Å². The van der Waals surface area contributed by atoms with Crippen molar-refractivity contribution in [1.29, 1.82) is 0 Å². The number of hydrogen-bond donors (Lipinski definition) is 0. The maximum atomic E-state index is 6.27. The van der Waals surface area contributed by atoms with Gasteiger partial charge in [-0.15, -0.1) is 0 Å². The Morgan fingerprint density at radius 3 is 2.28 bits per heavy atom. The van der Waals surface area contributed by atoms with Crippen molar-refractivity contribution in [2.45, 2.75) is 13.8 Å². The van der Waals surface area contributed by atoms with Gasteiger partial charge < -0.3 is 4.42 Å². The summed E-state index contributed by atoms with van der Waals surface area (Å²) in [5.41, 5.74) is 9.28. The Kier molecular flexibility index (Phi) is 4.16. The van der Waals surface area contributed by atoms with Gasteiger partial charge in [-0.3, -0.25) is 0 Å². The van der Waals surface area contributed by atoms with Crippen LogP contribution in [-0.2, 0) is 7.05 Å². The first kappa shape index (κ1) is 18.8. The second-order valence-electron chi connectivity index (χ2n) is 8.66. The lowest BCUT2D eigenvalue weighted by Crippen LogP contribution is -2.31. The number of rotatable bonds is 2. The van der Waals surface area contributed by atoms with Gasteiger partial charge in [-0.25, -0.2) is 4.57 Å². The molecule has 2 heterocycles. The number of pyridine rings is 1. The molecule has 0 fully saturated rings. The standard InChI is InChI=1S/C30H24NO/c1-19-15-29-26(30-23-12-8-7-11-22(23)13-14-28(30)32-29)16-25(19)27-17-24(20(2)18-31(27)3)21-9-5-4-6-10-21/h4-18H,1-3H3/q+1. The summed E-state index contributed by atoms with van der Waals surface area (Å²) >= 11 is 0. The molecule has 2 aromatic heterocycles. The molecule has 0 aliphatic carbocycles. The average Bonchev–Trinajstić information content (AvgIpc) is 3.17. The lowest BCUT2D eigenvalue weighted by molar-refractivity contribution is -0.660. The molecule has 0 bridgehead atoms. The molecule has 0 amide bonds. The summed E-state index contributed by atoms with van der Waals surface area (Å²) in [5, 5.41) is 4.82. The van der Waals surface area contributed by atoms with Crippen LogP contribution in [0.5, 0.6) is 0 Å². The van der Waals surface area contributed by atoms with Gasteiger partial charge in [-0.1, -0.05) is 60.7 Å². The van der Waals surface area contributed by atoms with Crippen LogP contribution in [0, 0.1) is 13.8 Å². The predicted octanol–water partition coefficient (Wildman–Crippen LogP) is 7.51. The zero-order chi connectivity index (χ0) is 21.8. The molecule has 0 aliphatic heterocycles. The monoisotopic (exact) mass is 414 g/mol. The number of benzene rings is 4. The number of furan rings is 1. The van der Waals surface area contributed by atoms with Crippen molar-refractivity contribution in [3.63, 3.8) is 0 Å². The summed E-state index contributed by atoms with van der Waals surface area (Å²) in [7, 11) is 2.13. The average molecular weight is 415 g/mol. The van der Waals surface area contributed by atoms with E-state index in [9.17, 15) is 0 Å². The highest BCUT2D eigenvalue weighted by Crippen LogP contribution is 2.38. The second kappa shape index (κ2) is 7.06. The molecule has 32 heavy (non-hydrogen) atoms. The normalized spacial score (nSPS) is 11.6. The van der Waals surface area contributed by atoms with Crippen LogP contribution in [0.15, 0.2) is 95.5 Å². The van der Waals surface area contributed by atoms with Crippen LogP contribution in [0.2, 0.25) is 0 Å². The minimum Gasteiger partial charge on any atom is -0.456 e. The quantitative estimate of drug-likeness (QED) is 0.268. The van der Waals surface area contributed by atoms with E-state index in [1.807, 2.05) is 0 Å². The van der Waals surface area contributed by atoms with Crippen LogP contribution in [0.1, 0.15) is 11.1 Å². The van der Waals surface area contributed by atoms with Crippen LogP contribution in [-0.4, -0.2) is 0 Å². The molecule has 0 saturated heterocycles. The molecule has 0 aliphatic rings. The van der Waals surface area contributed by atoms with Crippen molar-refractivity contribution < 1.29 is 8.98 Å². The van der Waals surface area contributed by atoms with Crippen molar-refractivity contribution >= 4 is 32.7 Å². The van der Waals surface area contributed by atoms with Crippen molar-refractivity contribution in [2.75, 3.05) is 0 Å². The fraction of sp³-hybridized carbons (Fsp3) is 0.100. The number of hydrogen-bond acceptors (Lipinski definition) is 1. The highest BCUT2D eigenvalue weighted by Gasteiger charge is 2.20. The Hall–Kier alpha value is -3.91. The largest absolute Gasteiger partial charge is 0.456 e. The molecule has 6 rings (SSSR count). The first-order chi connectivity index (χ1) is 15.6. The Balaban J connectivity index is 1.65. The highest BCUT2D eigenvalue weighted by atomic mass is 16.3. The zero-order valence-corrected chi connectivity index (χ0v) is 18.5. The second-order valence-corrected chi connectivity index (χ2v) is 8.66. The summed E-state index contributed by atoms with van der Waals surface area (Å²) < 4.78 is 8.50. The Morgan fingerprint density at radius 1 is 0.656 bits per heavy atom. The Morgan fingerprint density at radius 2 is 1.44 bits per heavy atom. The molecule has 0 saturated carbocycles. The number of aromatic nitrogens is 1. The minimum atomic E-state index is 0.938. The van der Waals surface area contributed by atoms with Crippen LogP contribution >= 0.6 is 0 Å². The van der Waals surface area contributed by atoms with Gasteiger partial charge >= 0.3 is 0 Å². The first-order valence-electron chi connectivity index (χ1n) is 11.0. The maximum absolute atomic E-state index is 6.27. The van der Waals surface area contributed by atoms with E-state index in [-0.39, 0.29) is 0 Å². The molecule has 6 aromatic rings. The van der Waals surface area contributed by atoms with Gasteiger partial charge in [-0.05, 0) is 59.5 Å². The van der Waals surface area contributed by atoms with Gasteiger partial charge in [0.15, 0.2) is 6.20 Å². The Labute approximate surface area is 187 Å². The first-order valence-corrected chi connectivity index (χ1v) is 11.0. The van der Waals surface area contributed by atoms with Crippen LogP contribution in [0.3, 0.4) is 0 Å².